The number of carbonyl (C=O) groups is 1. The highest BCUT2D eigenvalue weighted by Gasteiger charge is 2.42. The summed E-state index contributed by atoms with van der Waals surface area (Å²) in [4.78, 5) is 12.6. The van der Waals surface area contributed by atoms with Crippen LogP contribution in [0, 0.1) is 17.2 Å². The average molecular weight is 602 g/mol. The first-order valence-corrected chi connectivity index (χ1v) is 15.7. The molecule has 0 aliphatic heterocycles. The Balaban J connectivity index is 1.47. The Morgan fingerprint density at radius 2 is 1.26 bits per heavy atom. The molecule has 1 unspecified atom stereocenters. The van der Waals surface area contributed by atoms with E-state index >= 15 is 0 Å². The monoisotopic (exact) mass is 601 g/mol. The van der Waals surface area contributed by atoms with Gasteiger partial charge in [-0.2, -0.15) is 5.26 Å². The number of nitriles is 1. The molecule has 0 aliphatic carbocycles. The third kappa shape index (κ3) is 5.88. The van der Waals surface area contributed by atoms with Crippen LogP contribution in [-0.2, 0) is 16.8 Å². The summed E-state index contributed by atoms with van der Waals surface area (Å²) in [6, 6.07) is 49.5. The van der Waals surface area contributed by atoms with Gasteiger partial charge in [0.2, 0.25) is 0 Å². The van der Waals surface area contributed by atoms with E-state index in [1.807, 2.05) is 95.7 Å². The lowest BCUT2D eigenvalue weighted by Gasteiger charge is -2.36. The Bertz CT molecular complexity index is 1830. The topological polar surface area (TPSA) is 84.5 Å². The zero-order valence-electron chi connectivity index (χ0n) is 25.8. The molecule has 6 nitrogen and oxygen atoms in total. The van der Waals surface area contributed by atoms with E-state index in [4.69, 9.17) is 5.21 Å². The first kappa shape index (κ1) is 30.4. The van der Waals surface area contributed by atoms with Crippen molar-refractivity contribution in [1.29, 1.82) is 5.26 Å². The van der Waals surface area contributed by atoms with Crippen molar-refractivity contribution in [2.75, 3.05) is 0 Å². The number of Topliss-reactive ketones (excluding diaryl/α,β-unsaturated/α-hetero) is 1. The number of unbranched alkanes of at least 4 members (excludes halogenated alkanes) is 1. The van der Waals surface area contributed by atoms with Crippen molar-refractivity contribution < 1.29 is 4.79 Å². The van der Waals surface area contributed by atoms with E-state index in [0.717, 1.165) is 51.8 Å². The lowest BCUT2D eigenvalue weighted by molar-refractivity contribution is -0.121. The minimum atomic E-state index is -0.865. The third-order valence-electron chi connectivity index (χ3n) is 8.56. The van der Waals surface area contributed by atoms with E-state index in [-0.39, 0.29) is 5.78 Å². The van der Waals surface area contributed by atoms with E-state index in [9.17, 15) is 10.1 Å². The lowest BCUT2D eigenvalue weighted by atomic mass is 9.77. The molecule has 0 fully saturated rings. The molecule has 0 N–H and O–H groups in total. The van der Waals surface area contributed by atoms with Gasteiger partial charge in [-0.05, 0) is 56.6 Å². The molecule has 0 amide bonds. The molecule has 0 bridgehead atoms. The summed E-state index contributed by atoms with van der Waals surface area (Å²) < 4.78 is 1.94. The molecule has 1 heterocycles. The summed E-state index contributed by atoms with van der Waals surface area (Å²) in [5.41, 5.74) is 6.04. The van der Waals surface area contributed by atoms with Crippen molar-refractivity contribution in [3.63, 3.8) is 0 Å². The number of hydrogen-bond donors (Lipinski definition) is 0. The number of carbonyl (C=O) groups excluding carboxylic acids is 1. The van der Waals surface area contributed by atoms with E-state index in [0.29, 0.717) is 18.7 Å². The van der Waals surface area contributed by atoms with Crippen molar-refractivity contribution in [2.24, 2.45) is 5.92 Å². The maximum absolute atomic E-state index is 12.6. The van der Waals surface area contributed by atoms with E-state index in [1.54, 1.807) is 0 Å². The number of rotatable bonds is 12. The van der Waals surface area contributed by atoms with Gasteiger partial charge in [-0.3, -0.25) is 4.79 Å². The second-order valence-corrected chi connectivity index (χ2v) is 11.4. The molecule has 0 radical (unpaired) electrons. The number of aromatic nitrogens is 4. The van der Waals surface area contributed by atoms with Crippen LogP contribution < -0.4 is 0 Å². The van der Waals surface area contributed by atoms with Gasteiger partial charge in [-0.15, -0.1) is 5.10 Å². The predicted molar refractivity (Wildman–Crippen MR) is 181 cm³/mol. The van der Waals surface area contributed by atoms with Gasteiger partial charge < -0.3 is 0 Å². The summed E-state index contributed by atoms with van der Waals surface area (Å²) in [7, 11) is 0. The molecule has 6 aromatic rings. The summed E-state index contributed by atoms with van der Waals surface area (Å²) in [6.07, 6.45) is 2.61. The molecule has 5 aromatic carbocycles. The standard InChI is InChI=1S/C40H35N5O/c1-2-3-23-38(46)32(29-41)28-30-24-26-31(27-25-30)36-21-13-14-22-37(36)39-42-43-44-45(39)40(33-15-7-4-8-16-33,34-17-9-5-10-18-34)35-19-11-6-12-20-35/h4-22,24-27,32H,2-3,23,28H2,1H3. The van der Waals surface area contributed by atoms with Gasteiger partial charge in [0, 0.05) is 12.0 Å². The molecule has 0 spiro atoms. The van der Waals surface area contributed by atoms with Gasteiger partial charge in [-0.1, -0.05) is 153 Å². The smallest absolute Gasteiger partial charge is 0.184 e. The Morgan fingerprint density at radius 1 is 0.739 bits per heavy atom. The van der Waals surface area contributed by atoms with Gasteiger partial charge in [0.25, 0.3) is 0 Å². The highest BCUT2D eigenvalue weighted by atomic mass is 16.1. The SMILES string of the molecule is CCCCC(=O)C(C#N)Cc1ccc(-c2ccccc2-c2nnnn2C(c2ccccc2)(c2ccccc2)c2ccccc2)cc1. The van der Waals surface area contributed by atoms with Crippen LogP contribution in [0.5, 0.6) is 0 Å². The van der Waals surface area contributed by atoms with E-state index in [2.05, 4.69) is 71.8 Å². The van der Waals surface area contributed by atoms with Gasteiger partial charge in [-0.25, -0.2) is 4.68 Å². The molecular formula is C40H35N5O. The third-order valence-corrected chi connectivity index (χ3v) is 8.56. The van der Waals surface area contributed by atoms with Gasteiger partial charge in [0.1, 0.15) is 17.2 Å². The number of ketones is 1. The maximum atomic E-state index is 12.6. The molecule has 46 heavy (non-hydrogen) atoms. The minimum Gasteiger partial charge on any atom is -0.298 e. The average Bonchev–Trinajstić information content (AvgIpc) is 3.62. The summed E-state index contributed by atoms with van der Waals surface area (Å²) in [6.45, 7) is 2.05. The molecule has 226 valence electrons. The first-order valence-electron chi connectivity index (χ1n) is 15.7. The molecule has 1 aromatic heterocycles. The first-order chi connectivity index (χ1) is 22.7. The fourth-order valence-corrected chi connectivity index (χ4v) is 6.23. The van der Waals surface area contributed by atoms with E-state index < -0.39 is 11.5 Å². The summed E-state index contributed by atoms with van der Waals surface area (Å²) >= 11 is 0. The summed E-state index contributed by atoms with van der Waals surface area (Å²) in [5.74, 6) is 0.0167. The van der Waals surface area contributed by atoms with Crippen LogP contribution in [0.4, 0.5) is 0 Å². The molecule has 6 rings (SSSR count). The second kappa shape index (κ2) is 14.0. The quantitative estimate of drug-likeness (QED) is 0.132. The maximum Gasteiger partial charge on any atom is 0.184 e. The number of tetrazole rings is 1. The number of benzene rings is 5. The van der Waals surface area contributed by atoms with Crippen molar-refractivity contribution in [3.8, 4) is 28.6 Å². The molecule has 0 aliphatic rings. The van der Waals surface area contributed by atoms with Gasteiger partial charge >= 0.3 is 0 Å². The van der Waals surface area contributed by atoms with Crippen LogP contribution in [0.3, 0.4) is 0 Å². The van der Waals surface area contributed by atoms with Crippen LogP contribution in [0.2, 0.25) is 0 Å². The van der Waals surface area contributed by atoms with Crippen molar-refractivity contribution >= 4 is 5.78 Å². The normalized spacial score (nSPS) is 11.9. The predicted octanol–water partition coefficient (Wildman–Crippen LogP) is 8.29. The Labute approximate surface area is 270 Å². The zero-order valence-corrected chi connectivity index (χ0v) is 25.8. The Hall–Kier alpha value is -5.67. The minimum absolute atomic E-state index is 0.0179. The van der Waals surface area contributed by atoms with Crippen LogP contribution in [0.25, 0.3) is 22.5 Å². The number of nitrogens with zero attached hydrogens (tertiary/aromatic N) is 5. The molecule has 0 saturated heterocycles. The molecule has 1 atom stereocenters. The second-order valence-electron chi connectivity index (χ2n) is 11.4. The van der Waals surface area contributed by atoms with Crippen LogP contribution >= 0.6 is 0 Å². The highest BCUT2D eigenvalue weighted by Crippen LogP contribution is 2.43. The van der Waals surface area contributed by atoms with Crippen molar-refractivity contribution in [2.45, 2.75) is 38.1 Å². The van der Waals surface area contributed by atoms with Crippen LogP contribution in [0.1, 0.15) is 48.4 Å². The fraction of sp³-hybridized carbons (Fsp3) is 0.175. The molecule has 6 heteroatoms. The number of hydrogen-bond acceptors (Lipinski definition) is 5. The largest absolute Gasteiger partial charge is 0.298 e. The Morgan fingerprint density at radius 3 is 1.78 bits per heavy atom. The Kier molecular flexibility index (Phi) is 9.22. The molecular weight excluding hydrogens is 566 g/mol. The van der Waals surface area contributed by atoms with Gasteiger partial charge in [0.05, 0.1) is 6.07 Å². The lowest BCUT2D eigenvalue weighted by Crippen LogP contribution is -2.39. The van der Waals surface area contributed by atoms with E-state index in [1.165, 1.54) is 0 Å². The highest BCUT2D eigenvalue weighted by molar-refractivity contribution is 5.84. The van der Waals surface area contributed by atoms with Crippen LogP contribution in [0.15, 0.2) is 140 Å². The zero-order chi connectivity index (χ0) is 31.8. The van der Waals surface area contributed by atoms with Gasteiger partial charge in [0.15, 0.2) is 5.82 Å². The fourth-order valence-electron chi connectivity index (χ4n) is 6.23. The molecule has 0 saturated carbocycles. The van der Waals surface area contributed by atoms with Crippen molar-refractivity contribution in [1.82, 2.24) is 20.2 Å². The summed E-state index contributed by atoms with van der Waals surface area (Å²) in [5, 5.41) is 23.3. The van der Waals surface area contributed by atoms with Crippen LogP contribution in [-0.4, -0.2) is 26.0 Å². The van der Waals surface area contributed by atoms with Crippen molar-refractivity contribution in [3.05, 3.63) is 162 Å².